The molecule has 1 amide bonds. The van der Waals surface area contributed by atoms with E-state index in [1.807, 2.05) is 6.92 Å². The van der Waals surface area contributed by atoms with Gasteiger partial charge in [-0.05, 0) is 13.3 Å². The van der Waals surface area contributed by atoms with E-state index in [9.17, 15) is 4.79 Å². The number of nitrogens with one attached hydrogen (secondary N) is 2. The van der Waals surface area contributed by atoms with Crippen LogP contribution in [-0.4, -0.2) is 51.0 Å². The van der Waals surface area contributed by atoms with Crippen LogP contribution in [0.1, 0.15) is 26.7 Å². The van der Waals surface area contributed by atoms with Crippen molar-refractivity contribution in [2.24, 2.45) is 0 Å². The summed E-state index contributed by atoms with van der Waals surface area (Å²) in [5.74, 6) is -0.0615. The SMILES string of the molecule is CCCC(COC)NC(=O)COC1(C)CNC1. The Hall–Kier alpha value is -0.650. The minimum Gasteiger partial charge on any atom is -0.383 e. The summed E-state index contributed by atoms with van der Waals surface area (Å²) in [6.07, 6.45) is 1.95. The van der Waals surface area contributed by atoms with Crippen LogP contribution < -0.4 is 10.6 Å². The van der Waals surface area contributed by atoms with E-state index in [1.165, 1.54) is 0 Å². The first kappa shape index (κ1) is 14.4. The maximum absolute atomic E-state index is 11.7. The molecule has 0 aliphatic carbocycles. The Labute approximate surface area is 103 Å². The Kier molecular flexibility index (Phi) is 5.88. The van der Waals surface area contributed by atoms with Crippen LogP contribution in [0.5, 0.6) is 0 Å². The second-order valence-corrected chi connectivity index (χ2v) is 4.85. The Morgan fingerprint density at radius 2 is 2.24 bits per heavy atom. The Morgan fingerprint density at radius 3 is 2.71 bits per heavy atom. The molecule has 1 fully saturated rings. The van der Waals surface area contributed by atoms with E-state index in [2.05, 4.69) is 17.6 Å². The second kappa shape index (κ2) is 6.93. The van der Waals surface area contributed by atoms with E-state index in [-0.39, 0.29) is 24.2 Å². The minimum atomic E-state index is -0.168. The van der Waals surface area contributed by atoms with Gasteiger partial charge in [0.1, 0.15) is 6.61 Å². The van der Waals surface area contributed by atoms with Gasteiger partial charge in [-0.1, -0.05) is 13.3 Å². The molecular weight excluding hydrogens is 220 g/mol. The molecule has 5 nitrogen and oxygen atoms in total. The largest absolute Gasteiger partial charge is 0.383 e. The van der Waals surface area contributed by atoms with E-state index in [4.69, 9.17) is 9.47 Å². The summed E-state index contributed by atoms with van der Waals surface area (Å²) in [6.45, 7) is 6.41. The molecule has 1 unspecified atom stereocenters. The van der Waals surface area contributed by atoms with Crippen molar-refractivity contribution in [2.75, 3.05) is 33.4 Å². The van der Waals surface area contributed by atoms with E-state index >= 15 is 0 Å². The van der Waals surface area contributed by atoms with Crippen molar-refractivity contribution in [1.29, 1.82) is 0 Å². The number of amides is 1. The van der Waals surface area contributed by atoms with E-state index < -0.39 is 0 Å². The third-order valence-electron chi connectivity index (χ3n) is 2.92. The lowest BCUT2D eigenvalue weighted by Crippen LogP contribution is -2.59. The minimum absolute atomic E-state index is 0.0615. The monoisotopic (exact) mass is 244 g/mol. The summed E-state index contributed by atoms with van der Waals surface area (Å²) in [4.78, 5) is 11.7. The van der Waals surface area contributed by atoms with Crippen LogP contribution in [0.15, 0.2) is 0 Å². The summed E-state index contributed by atoms with van der Waals surface area (Å²) >= 11 is 0. The van der Waals surface area contributed by atoms with Crippen LogP contribution in [-0.2, 0) is 14.3 Å². The van der Waals surface area contributed by atoms with Crippen molar-refractivity contribution in [3.63, 3.8) is 0 Å². The Bertz CT molecular complexity index is 236. The van der Waals surface area contributed by atoms with Crippen LogP contribution in [0.3, 0.4) is 0 Å². The smallest absolute Gasteiger partial charge is 0.246 e. The predicted molar refractivity (Wildman–Crippen MR) is 65.9 cm³/mol. The van der Waals surface area contributed by atoms with Gasteiger partial charge in [-0.3, -0.25) is 4.79 Å². The lowest BCUT2D eigenvalue weighted by atomic mass is 10.0. The zero-order valence-corrected chi connectivity index (χ0v) is 11.0. The van der Waals surface area contributed by atoms with E-state index in [1.54, 1.807) is 7.11 Å². The lowest BCUT2D eigenvalue weighted by molar-refractivity contribution is -0.136. The average molecular weight is 244 g/mol. The maximum atomic E-state index is 11.7. The van der Waals surface area contributed by atoms with E-state index in [0.29, 0.717) is 6.61 Å². The van der Waals surface area contributed by atoms with Crippen LogP contribution in [0.2, 0.25) is 0 Å². The molecule has 1 aliphatic rings. The van der Waals surface area contributed by atoms with Crippen molar-refractivity contribution in [1.82, 2.24) is 10.6 Å². The van der Waals surface area contributed by atoms with Crippen LogP contribution >= 0.6 is 0 Å². The third kappa shape index (κ3) is 5.02. The maximum Gasteiger partial charge on any atom is 0.246 e. The van der Waals surface area contributed by atoms with Crippen LogP contribution in [0.25, 0.3) is 0 Å². The normalized spacial score (nSPS) is 19.5. The zero-order valence-electron chi connectivity index (χ0n) is 11.0. The fourth-order valence-corrected chi connectivity index (χ4v) is 1.84. The van der Waals surface area contributed by atoms with Gasteiger partial charge >= 0.3 is 0 Å². The number of hydrogen-bond donors (Lipinski definition) is 2. The van der Waals surface area contributed by atoms with Crippen molar-refractivity contribution in [2.45, 2.75) is 38.3 Å². The molecule has 0 aromatic rings. The highest BCUT2D eigenvalue weighted by Gasteiger charge is 2.33. The quantitative estimate of drug-likeness (QED) is 0.644. The first-order valence-electron chi connectivity index (χ1n) is 6.22. The van der Waals surface area contributed by atoms with Gasteiger partial charge in [0.15, 0.2) is 0 Å². The second-order valence-electron chi connectivity index (χ2n) is 4.85. The third-order valence-corrected chi connectivity index (χ3v) is 2.92. The number of hydrogen-bond acceptors (Lipinski definition) is 4. The fraction of sp³-hybridized carbons (Fsp3) is 0.917. The van der Waals surface area contributed by atoms with Gasteiger partial charge in [0.25, 0.3) is 0 Å². The highest BCUT2D eigenvalue weighted by Crippen LogP contribution is 2.14. The lowest BCUT2D eigenvalue weighted by Gasteiger charge is -2.38. The predicted octanol–water partition coefficient (Wildman–Crippen LogP) is 0.296. The van der Waals surface area contributed by atoms with Crippen molar-refractivity contribution >= 4 is 5.91 Å². The summed E-state index contributed by atoms with van der Waals surface area (Å²) in [7, 11) is 1.65. The van der Waals surface area contributed by atoms with Gasteiger partial charge in [-0.25, -0.2) is 0 Å². The van der Waals surface area contributed by atoms with Crippen molar-refractivity contribution in [3.05, 3.63) is 0 Å². The molecule has 1 aliphatic heterocycles. The van der Waals surface area contributed by atoms with Gasteiger partial charge in [0.2, 0.25) is 5.91 Å². The number of carbonyl (C=O) groups excluding carboxylic acids is 1. The zero-order chi connectivity index (χ0) is 12.7. The van der Waals surface area contributed by atoms with Crippen molar-refractivity contribution < 1.29 is 14.3 Å². The molecule has 0 saturated carbocycles. The molecule has 1 saturated heterocycles. The first-order chi connectivity index (χ1) is 8.09. The fourth-order valence-electron chi connectivity index (χ4n) is 1.84. The summed E-state index contributed by atoms with van der Waals surface area (Å²) in [6, 6.07) is 0.0911. The molecule has 17 heavy (non-hydrogen) atoms. The number of carbonyl (C=O) groups is 1. The molecule has 1 heterocycles. The molecule has 0 radical (unpaired) electrons. The Morgan fingerprint density at radius 1 is 1.53 bits per heavy atom. The van der Waals surface area contributed by atoms with Gasteiger partial charge < -0.3 is 20.1 Å². The standard InChI is InChI=1S/C12H24N2O3/c1-4-5-10(6-16-3)14-11(15)7-17-12(2)8-13-9-12/h10,13H,4-9H2,1-3H3,(H,14,15). The van der Waals surface area contributed by atoms with Gasteiger partial charge in [0.05, 0.1) is 18.2 Å². The summed E-state index contributed by atoms with van der Waals surface area (Å²) in [5, 5.41) is 6.06. The molecule has 2 N–H and O–H groups in total. The van der Waals surface area contributed by atoms with Gasteiger partial charge in [-0.15, -0.1) is 0 Å². The van der Waals surface area contributed by atoms with E-state index in [0.717, 1.165) is 25.9 Å². The topological polar surface area (TPSA) is 59.6 Å². The van der Waals surface area contributed by atoms with Gasteiger partial charge in [0, 0.05) is 20.2 Å². The molecule has 1 atom stereocenters. The van der Waals surface area contributed by atoms with Crippen LogP contribution in [0, 0.1) is 0 Å². The highest BCUT2D eigenvalue weighted by molar-refractivity contribution is 5.77. The molecule has 0 bridgehead atoms. The molecule has 1 rings (SSSR count). The summed E-state index contributed by atoms with van der Waals surface area (Å²) in [5.41, 5.74) is -0.168. The first-order valence-corrected chi connectivity index (χ1v) is 6.22. The van der Waals surface area contributed by atoms with Crippen molar-refractivity contribution in [3.8, 4) is 0 Å². The molecule has 0 aromatic carbocycles. The molecule has 5 heteroatoms. The highest BCUT2D eigenvalue weighted by atomic mass is 16.5. The number of ether oxygens (including phenoxy) is 2. The molecule has 0 spiro atoms. The summed E-state index contributed by atoms with van der Waals surface area (Å²) < 4.78 is 10.6. The number of rotatable bonds is 8. The molecule has 100 valence electrons. The molecular formula is C12H24N2O3. The molecule has 0 aromatic heterocycles. The average Bonchev–Trinajstić information content (AvgIpc) is 2.24. The number of methoxy groups -OCH3 is 1. The van der Waals surface area contributed by atoms with Crippen LogP contribution in [0.4, 0.5) is 0 Å². The van der Waals surface area contributed by atoms with Gasteiger partial charge in [-0.2, -0.15) is 0 Å². The Balaban J connectivity index is 2.21.